The van der Waals surface area contributed by atoms with Crippen molar-refractivity contribution in [1.29, 1.82) is 0 Å². The lowest BCUT2D eigenvalue weighted by molar-refractivity contribution is -0.148. The second-order valence-corrected chi connectivity index (χ2v) is 9.86. The van der Waals surface area contributed by atoms with Crippen molar-refractivity contribution in [3.8, 4) is 0 Å². The molecule has 1 amide bonds. The summed E-state index contributed by atoms with van der Waals surface area (Å²) >= 11 is 0. The quantitative estimate of drug-likeness (QED) is 0.675. The van der Waals surface area contributed by atoms with Crippen LogP contribution < -0.4 is 0 Å². The average molecular weight is 385 g/mol. The molecule has 0 saturated carbocycles. The number of hydrogen-bond acceptors (Lipinski definition) is 5. The third-order valence-electron chi connectivity index (χ3n) is 3.99. The van der Waals surface area contributed by atoms with Crippen LogP contribution in [-0.4, -0.2) is 55.6 Å². The van der Waals surface area contributed by atoms with E-state index in [1.807, 2.05) is 0 Å². The van der Waals surface area contributed by atoms with Gasteiger partial charge < -0.3 is 4.90 Å². The number of fused-ring (bicyclic) bond motifs is 2. The summed E-state index contributed by atoms with van der Waals surface area (Å²) in [4.78, 5) is 12.5. The van der Waals surface area contributed by atoms with Gasteiger partial charge in [-0.15, -0.1) is 0 Å². The molecule has 2 aliphatic heterocycles. The lowest BCUT2D eigenvalue weighted by atomic mass is 10.0. The number of carbonyl (C=O) groups is 1. The highest BCUT2D eigenvalue weighted by Gasteiger charge is 2.62. The van der Waals surface area contributed by atoms with Crippen LogP contribution >= 0.6 is 0 Å². The fourth-order valence-electron chi connectivity index (χ4n) is 2.87. The van der Waals surface area contributed by atoms with Crippen molar-refractivity contribution in [2.45, 2.75) is 48.5 Å². The number of halogens is 5. The molecule has 0 N–H and O–H groups in total. The Bertz CT molecular complexity index is 694. The van der Waals surface area contributed by atoms with Gasteiger partial charge in [0.1, 0.15) is 0 Å². The predicted molar refractivity (Wildman–Crippen MR) is 66.6 cm³/mol. The van der Waals surface area contributed by atoms with Crippen LogP contribution in [0.25, 0.3) is 0 Å². The Morgan fingerprint density at radius 2 is 1.26 bits per heavy atom. The highest BCUT2D eigenvalue weighted by molar-refractivity contribution is 8.09. The first kappa shape index (κ1) is 18.4. The summed E-state index contributed by atoms with van der Waals surface area (Å²) < 4.78 is 109. The van der Waals surface area contributed by atoms with E-state index in [1.165, 1.54) is 0 Å². The third kappa shape index (κ3) is 2.92. The van der Waals surface area contributed by atoms with E-state index >= 15 is 0 Å². The number of carbonyl (C=O) groups excluding carboxylic acids is 1. The smallest absolute Gasteiger partial charge is 0.331 e. The summed E-state index contributed by atoms with van der Waals surface area (Å²) in [5, 5.41) is -8.10. The second-order valence-electron chi connectivity index (χ2n) is 5.48. The number of amides is 1. The minimum Gasteiger partial charge on any atom is -0.331 e. The molecule has 0 atom stereocenters. The topological polar surface area (TPSA) is 88.6 Å². The van der Waals surface area contributed by atoms with E-state index in [-0.39, 0.29) is 0 Å². The van der Waals surface area contributed by atoms with E-state index < -0.39 is 53.5 Å². The number of hydrogen-bond donors (Lipinski definition) is 0. The van der Waals surface area contributed by atoms with Gasteiger partial charge in [0, 0.05) is 12.1 Å². The van der Waals surface area contributed by atoms with Gasteiger partial charge >= 0.3 is 16.7 Å². The van der Waals surface area contributed by atoms with Crippen molar-refractivity contribution >= 4 is 25.6 Å². The summed E-state index contributed by atoms with van der Waals surface area (Å²) in [5.74, 6) is -2.15. The lowest BCUT2D eigenvalue weighted by Crippen LogP contribution is -2.52. The van der Waals surface area contributed by atoms with Crippen LogP contribution in [0.4, 0.5) is 22.0 Å². The normalized spacial score (nSPS) is 25.9. The third-order valence-corrected chi connectivity index (χ3v) is 8.13. The molecule has 0 unspecified atom stereocenters. The fraction of sp³-hybridized carbons (Fsp3) is 0.900. The van der Waals surface area contributed by atoms with Crippen LogP contribution in [0.5, 0.6) is 0 Å². The van der Waals surface area contributed by atoms with Crippen molar-refractivity contribution < 1.29 is 43.6 Å². The molecule has 0 aromatic carbocycles. The standard InChI is InChI=1S/C10H12F5NO5S2/c11-9(12,8(17)16-6-1-2-7(16)4-3-6)22(18,19)5-23(20,21)10(13,14)15/h6-7H,1-5H2. The Balaban J connectivity index is 2.29. The van der Waals surface area contributed by atoms with Crippen molar-refractivity contribution in [2.24, 2.45) is 0 Å². The molecule has 2 aliphatic rings. The Morgan fingerprint density at radius 1 is 0.870 bits per heavy atom. The summed E-state index contributed by atoms with van der Waals surface area (Å²) in [6.45, 7) is 0. The summed E-state index contributed by atoms with van der Waals surface area (Å²) in [7, 11) is -12.5. The SMILES string of the molecule is O=C(N1C2CCC1CC2)C(F)(F)S(=O)(=O)CS(=O)(=O)C(F)(F)F. The van der Waals surface area contributed by atoms with Crippen molar-refractivity contribution in [3.63, 3.8) is 0 Å². The first-order valence-electron chi connectivity index (χ1n) is 6.42. The molecule has 13 heteroatoms. The number of sulfone groups is 2. The van der Waals surface area contributed by atoms with Gasteiger partial charge in [0.2, 0.25) is 9.84 Å². The maximum absolute atomic E-state index is 13.9. The molecule has 2 bridgehead atoms. The van der Waals surface area contributed by atoms with Crippen molar-refractivity contribution in [2.75, 3.05) is 5.08 Å². The van der Waals surface area contributed by atoms with E-state index in [1.54, 1.807) is 0 Å². The van der Waals surface area contributed by atoms with Gasteiger partial charge in [-0.25, -0.2) is 16.8 Å². The largest absolute Gasteiger partial charge is 0.498 e. The molecule has 2 saturated heterocycles. The highest BCUT2D eigenvalue weighted by Crippen LogP contribution is 2.41. The van der Waals surface area contributed by atoms with Crippen LogP contribution in [0.1, 0.15) is 25.7 Å². The van der Waals surface area contributed by atoms with Crippen LogP contribution in [-0.2, 0) is 24.5 Å². The number of rotatable bonds is 4. The summed E-state index contributed by atoms with van der Waals surface area (Å²) in [5.41, 5.74) is -6.01. The van der Waals surface area contributed by atoms with Gasteiger partial charge in [0.25, 0.3) is 9.84 Å². The molecule has 0 aromatic rings. The van der Waals surface area contributed by atoms with E-state index in [0.717, 1.165) is 0 Å². The maximum Gasteiger partial charge on any atom is 0.498 e. The first-order valence-corrected chi connectivity index (χ1v) is 9.73. The molecule has 23 heavy (non-hydrogen) atoms. The first-order chi connectivity index (χ1) is 10.2. The number of nitrogens with zero attached hydrogens (tertiary/aromatic N) is 1. The van der Waals surface area contributed by atoms with E-state index in [4.69, 9.17) is 0 Å². The maximum atomic E-state index is 13.9. The van der Waals surface area contributed by atoms with Gasteiger partial charge in [-0.2, -0.15) is 22.0 Å². The molecule has 2 rings (SSSR count). The molecular formula is C10H12F5NO5S2. The Morgan fingerprint density at radius 3 is 1.61 bits per heavy atom. The second kappa shape index (κ2) is 5.26. The van der Waals surface area contributed by atoms with Crippen LogP contribution in [0.3, 0.4) is 0 Å². The molecule has 2 fully saturated rings. The van der Waals surface area contributed by atoms with Gasteiger partial charge in [-0.1, -0.05) is 0 Å². The summed E-state index contributed by atoms with van der Waals surface area (Å²) in [6.07, 6.45) is 1.58. The molecule has 0 radical (unpaired) electrons. The van der Waals surface area contributed by atoms with Gasteiger partial charge in [-0.05, 0) is 25.7 Å². The van der Waals surface area contributed by atoms with Gasteiger partial charge in [0.05, 0.1) is 0 Å². The van der Waals surface area contributed by atoms with E-state index in [2.05, 4.69) is 0 Å². The summed E-state index contributed by atoms with van der Waals surface area (Å²) in [6, 6.07) is -1.18. The van der Waals surface area contributed by atoms with Crippen molar-refractivity contribution in [3.05, 3.63) is 0 Å². The Kier molecular flexibility index (Phi) is 4.20. The number of alkyl halides is 5. The Hall–Kier alpha value is -0.980. The van der Waals surface area contributed by atoms with E-state index in [0.29, 0.717) is 30.6 Å². The molecule has 0 spiro atoms. The van der Waals surface area contributed by atoms with Gasteiger partial charge in [-0.3, -0.25) is 4.79 Å². The lowest BCUT2D eigenvalue weighted by Gasteiger charge is -2.26. The molecule has 0 aliphatic carbocycles. The van der Waals surface area contributed by atoms with Crippen molar-refractivity contribution in [1.82, 2.24) is 4.90 Å². The molecule has 134 valence electrons. The monoisotopic (exact) mass is 385 g/mol. The fourth-order valence-corrected chi connectivity index (χ4v) is 6.00. The minimum atomic E-state index is -6.35. The van der Waals surface area contributed by atoms with Crippen LogP contribution in [0.2, 0.25) is 0 Å². The van der Waals surface area contributed by atoms with Crippen LogP contribution in [0, 0.1) is 0 Å². The molecule has 6 nitrogen and oxygen atoms in total. The van der Waals surface area contributed by atoms with Gasteiger partial charge in [0.15, 0.2) is 5.08 Å². The molecule has 2 heterocycles. The zero-order chi connectivity index (χ0) is 17.8. The zero-order valence-electron chi connectivity index (χ0n) is 11.4. The van der Waals surface area contributed by atoms with E-state index in [9.17, 15) is 43.6 Å². The molecular weight excluding hydrogens is 373 g/mol. The highest BCUT2D eigenvalue weighted by atomic mass is 32.3. The zero-order valence-corrected chi connectivity index (χ0v) is 13.0. The predicted octanol–water partition coefficient (Wildman–Crippen LogP) is 1.04. The van der Waals surface area contributed by atoms with Crippen LogP contribution in [0.15, 0.2) is 0 Å². The average Bonchev–Trinajstić information content (AvgIpc) is 2.94. The molecule has 0 aromatic heterocycles. The Labute approximate surface area is 128 Å². The minimum absolute atomic E-state index is 0.396.